The number of thioether (sulfide) groups is 1. The van der Waals surface area contributed by atoms with E-state index in [2.05, 4.69) is 5.32 Å². The smallest absolute Gasteiger partial charge is 0.312 e. The fourth-order valence-electron chi connectivity index (χ4n) is 1.82. The fraction of sp³-hybridized carbons (Fsp3) is 0.800. The quantitative estimate of drug-likeness (QED) is 0.736. The van der Waals surface area contributed by atoms with E-state index in [4.69, 9.17) is 5.73 Å². The first-order chi connectivity index (χ1) is 7.65. The third kappa shape index (κ3) is 3.92. The molecule has 92 valence electrons. The number of amides is 3. The molecule has 0 bridgehead atoms. The van der Waals surface area contributed by atoms with Crippen molar-refractivity contribution in [1.82, 2.24) is 10.2 Å². The van der Waals surface area contributed by atoms with Gasteiger partial charge in [-0.15, -0.1) is 0 Å². The van der Waals surface area contributed by atoms with Crippen LogP contribution >= 0.6 is 11.8 Å². The minimum atomic E-state index is -0.626. The van der Waals surface area contributed by atoms with Crippen LogP contribution in [-0.4, -0.2) is 48.0 Å². The minimum Gasteiger partial charge on any atom is -0.352 e. The highest BCUT2D eigenvalue weighted by atomic mass is 32.2. The van der Waals surface area contributed by atoms with Gasteiger partial charge in [-0.05, 0) is 31.3 Å². The van der Waals surface area contributed by atoms with Gasteiger partial charge in [0.25, 0.3) is 0 Å². The monoisotopic (exact) mass is 245 g/mol. The molecule has 5 nitrogen and oxygen atoms in total. The third-order valence-electron chi connectivity index (χ3n) is 2.64. The lowest BCUT2D eigenvalue weighted by Gasteiger charge is -2.23. The lowest BCUT2D eigenvalue weighted by atomic mass is 10.2. The Hall–Kier alpha value is -0.910. The van der Waals surface area contributed by atoms with Crippen molar-refractivity contribution in [2.24, 2.45) is 5.73 Å². The van der Waals surface area contributed by atoms with Crippen LogP contribution in [0.15, 0.2) is 0 Å². The van der Waals surface area contributed by atoms with Gasteiger partial charge in [0.05, 0.1) is 0 Å². The number of carbonyl (C=O) groups excluding carboxylic acids is 2. The Morgan fingerprint density at radius 2 is 2.06 bits per heavy atom. The number of likely N-dealkylation sites (tertiary alicyclic amines) is 1. The van der Waals surface area contributed by atoms with Crippen LogP contribution < -0.4 is 11.1 Å². The number of rotatable bonds is 5. The van der Waals surface area contributed by atoms with Crippen LogP contribution in [0.3, 0.4) is 0 Å². The lowest BCUT2D eigenvalue weighted by molar-refractivity contribution is -0.132. The Morgan fingerprint density at radius 1 is 1.44 bits per heavy atom. The first-order valence-electron chi connectivity index (χ1n) is 5.49. The van der Waals surface area contributed by atoms with Gasteiger partial charge in [-0.25, -0.2) is 4.79 Å². The molecular formula is C10H19N3O2S. The number of hydrogen-bond donors (Lipinski definition) is 2. The molecule has 1 fully saturated rings. The van der Waals surface area contributed by atoms with Crippen molar-refractivity contribution in [3.8, 4) is 0 Å². The van der Waals surface area contributed by atoms with Crippen LogP contribution in [0.25, 0.3) is 0 Å². The molecule has 0 aliphatic carbocycles. The van der Waals surface area contributed by atoms with Crippen molar-refractivity contribution in [2.75, 3.05) is 25.1 Å². The number of nitrogens with zero attached hydrogens (tertiary/aromatic N) is 1. The second-order valence-corrected chi connectivity index (χ2v) is 4.86. The Balaban J connectivity index is 2.51. The summed E-state index contributed by atoms with van der Waals surface area (Å²) >= 11 is 1.65. The second-order valence-electron chi connectivity index (χ2n) is 3.88. The highest BCUT2D eigenvalue weighted by Crippen LogP contribution is 2.11. The van der Waals surface area contributed by atoms with Crippen molar-refractivity contribution in [3.05, 3.63) is 0 Å². The third-order valence-corrected chi connectivity index (χ3v) is 3.29. The second kappa shape index (κ2) is 6.62. The number of nitrogens with two attached hydrogens (primary N) is 1. The summed E-state index contributed by atoms with van der Waals surface area (Å²) in [7, 11) is 0. The van der Waals surface area contributed by atoms with Gasteiger partial charge in [0.1, 0.15) is 6.04 Å². The lowest BCUT2D eigenvalue weighted by Crippen LogP contribution is -2.49. The van der Waals surface area contributed by atoms with Crippen molar-refractivity contribution in [2.45, 2.75) is 25.3 Å². The summed E-state index contributed by atoms with van der Waals surface area (Å²) in [5, 5.41) is 2.53. The zero-order valence-electron chi connectivity index (χ0n) is 9.57. The maximum absolute atomic E-state index is 12.0. The van der Waals surface area contributed by atoms with E-state index < -0.39 is 12.1 Å². The van der Waals surface area contributed by atoms with Crippen molar-refractivity contribution < 1.29 is 9.59 Å². The van der Waals surface area contributed by atoms with Crippen LogP contribution in [-0.2, 0) is 4.79 Å². The molecule has 0 saturated carbocycles. The molecule has 0 radical (unpaired) electrons. The largest absolute Gasteiger partial charge is 0.352 e. The summed E-state index contributed by atoms with van der Waals surface area (Å²) in [4.78, 5) is 24.7. The predicted octanol–water partition coefficient (Wildman–Crippen LogP) is 0.399. The zero-order valence-corrected chi connectivity index (χ0v) is 10.4. The summed E-state index contributed by atoms with van der Waals surface area (Å²) in [6.45, 7) is 1.60. The molecule has 1 heterocycles. The topological polar surface area (TPSA) is 75.4 Å². The van der Waals surface area contributed by atoms with Crippen molar-refractivity contribution >= 4 is 23.7 Å². The van der Waals surface area contributed by atoms with Gasteiger partial charge >= 0.3 is 6.03 Å². The van der Waals surface area contributed by atoms with E-state index in [9.17, 15) is 9.59 Å². The van der Waals surface area contributed by atoms with Crippen LogP contribution in [0.4, 0.5) is 4.79 Å². The van der Waals surface area contributed by atoms with E-state index in [-0.39, 0.29) is 5.91 Å². The van der Waals surface area contributed by atoms with E-state index >= 15 is 0 Å². The van der Waals surface area contributed by atoms with Gasteiger partial charge in [0, 0.05) is 13.1 Å². The van der Waals surface area contributed by atoms with Crippen LogP contribution in [0.1, 0.15) is 19.3 Å². The maximum Gasteiger partial charge on any atom is 0.312 e. The molecule has 1 atom stereocenters. The van der Waals surface area contributed by atoms with Gasteiger partial charge in [-0.2, -0.15) is 11.8 Å². The van der Waals surface area contributed by atoms with Gasteiger partial charge in [-0.3, -0.25) is 4.79 Å². The molecule has 0 aromatic heterocycles. The van der Waals surface area contributed by atoms with Gasteiger partial charge < -0.3 is 16.0 Å². The van der Waals surface area contributed by atoms with E-state index in [0.29, 0.717) is 6.42 Å². The van der Waals surface area contributed by atoms with Crippen LogP contribution in [0.2, 0.25) is 0 Å². The molecule has 1 rings (SSSR count). The molecule has 1 unspecified atom stereocenters. The minimum absolute atomic E-state index is 0.00495. The highest BCUT2D eigenvalue weighted by Gasteiger charge is 2.26. The number of carbonyl (C=O) groups is 2. The van der Waals surface area contributed by atoms with Crippen LogP contribution in [0.5, 0.6) is 0 Å². The molecule has 1 saturated heterocycles. The van der Waals surface area contributed by atoms with E-state index in [1.54, 1.807) is 16.7 Å². The van der Waals surface area contributed by atoms with Crippen LogP contribution in [0, 0.1) is 0 Å². The Bertz CT molecular complexity index is 254. The number of urea groups is 1. The number of hydrogen-bond acceptors (Lipinski definition) is 3. The highest BCUT2D eigenvalue weighted by molar-refractivity contribution is 7.98. The van der Waals surface area contributed by atoms with Gasteiger partial charge in [-0.1, -0.05) is 0 Å². The predicted molar refractivity (Wildman–Crippen MR) is 65.3 cm³/mol. The summed E-state index contributed by atoms with van der Waals surface area (Å²) < 4.78 is 0. The van der Waals surface area contributed by atoms with E-state index in [0.717, 1.165) is 31.7 Å². The molecule has 0 spiro atoms. The average Bonchev–Trinajstić information content (AvgIpc) is 2.76. The molecule has 1 aliphatic rings. The Labute approximate surface area is 100 Å². The average molecular weight is 245 g/mol. The molecule has 6 heteroatoms. The Morgan fingerprint density at radius 3 is 2.56 bits per heavy atom. The first-order valence-corrected chi connectivity index (χ1v) is 6.88. The summed E-state index contributed by atoms with van der Waals surface area (Å²) in [5.74, 6) is 0.843. The maximum atomic E-state index is 12.0. The number of primary amides is 1. The standard InChI is InChI=1S/C10H19N3O2S/c1-16-7-4-8(12-10(11)15)9(14)13-5-2-3-6-13/h8H,2-7H2,1H3,(H3,11,12,15). The van der Waals surface area contributed by atoms with Gasteiger partial charge in [0.15, 0.2) is 0 Å². The molecule has 16 heavy (non-hydrogen) atoms. The molecule has 3 amide bonds. The first kappa shape index (κ1) is 13.2. The SMILES string of the molecule is CSCCC(NC(N)=O)C(=O)N1CCCC1. The molecule has 0 aromatic rings. The number of nitrogens with one attached hydrogen (secondary N) is 1. The van der Waals surface area contributed by atoms with E-state index in [1.165, 1.54) is 0 Å². The molecule has 0 aromatic carbocycles. The van der Waals surface area contributed by atoms with Gasteiger partial charge in [0.2, 0.25) is 5.91 Å². The zero-order chi connectivity index (χ0) is 12.0. The molecule has 3 N–H and O–H groups in total. The van der Waals surface area contributed by atoms with Crippen molar-refractivity contribution in [3.63, 3.8) is 0 Å². The molecular weight excluding hydrogens is 226 g/mol. The Kier molecular flexibility index (Phi) is 5.45. The summed E-state index contributed by atoms with van der Waals surface area (Å²) in [6.07, 6.45) is 4.72. The van der Waals surface area contributed by atoms with Crippen molar-refractivity contribution in [1.29, 1.82) is 0 Å². The summed E-state index contributed by atoms with van der Waals surface area (Å²) in [5.41, 5.74) is 5.07. The summed E-state index contributed by atoms with van der Waals surface area (Å²) in [6, 6.07) is -1.08. The fourth-order valence-corrected chi connectivity index (χ4v) is 2.29. The normalized spacial score (nSPS) is 17.2. The molecule has 1 aliphatic heterocycles. The van der Waals surface area contributed by atoms with E-state index in [1.807, 2.05) is 6.26 Å².